The summed E-state index contributed by atoms with van der Waals surface area (Å²) in [5.74, 6) is -1.56. The highest BCUT2D eigenvalue weighted by molar-refractivity contribution is 5.91. The molecule has 0 radical (unpaired) electrons. The number of carbonyl (C=O) groups excluding carboxylic acids is 2. The minimum absolute atomic E-state index is 0.132. The summed E-state index contributed by atoms with van der Waals surface area (Å²) in [5, 5.41) is 2.55. The second kappa shape index (κ2) is 8.44. The van der Waals surface area contributed by atoms with Crippen LogP contribution in [0, 0.1) is 0 Å². The van der Waals surface area contributed by atoms with Crippen LogP contribution in [0.2, 0.25) is 0 Å². The minimum Gasteiger partial charge on any atom is -0.484 e. The predicted molar refractivity (Wildman–Crippen MR) is 104 cm³/mol. The lowest BCUT2D eigenvalue weighted by atomic mass is 10.3. The molecular weight excluding hydrogens is 401 g/mol. The van der Waals surface area contributed by atoms with E-state index in [2.05, 4.69) is 10.3 Å². The lowest BCUT2D eigenvalue weighted by Crippen LogP contribution is -2.27. The van der Waals surface area contributed by atoms with Crippen molar-refractivity contribution in [3.05, 3.63) is 54.4 Å². The third-order valence-corrected chi connectivity index (χ3v) is 4.21. The topological polar surface area (TPSA) is 76.5 Å². The zero-order valence-corrected chi connectivity index (χ0v) is 16.2. The predicted octanol–water partition coefficient (Wildman–Crippen LogP) is 3.16. The van der Waals surface area contributed by atoms with E-state index in [0.29, 0.717) is 11.4 Å². The van der Waals surface area contributed by atoms with Crippen molar-refractivity contribution in [2.45, 2.75) is 12.7 Å². The van der Waals surface area contributed by atoms with Gasteiger partial charge in [0, 0.05) is 19.8 Å². The molecule has 0 atom stereocenters. The fraction of sp³-hybridized carbons (Fsp3) is 0.250. The maximum Gasteiger partial charge on any atom is 0.449 e. The van der Waals surface area contributed by atoms with E-state index in [1.807, 2.05) is 0 Å². The average molecular weight is 420 g/mol. The third-order valence-electron chi connectivity index (χ3n) is 4.21. The number of carbonyl (C=O) groups is 2. The van der Waals surface area contributed by atoms with Crippen LogP contribution in [0.4, 0.5) is 18.9 Å². The van der Waals surface area contributed by atoms with Gasteiger partial charge in [0.2, 0.25) is 11.7 Å². The number of rotatable bonds is 6. The summed E-state index contributed by atoms with van der Waals surface area (Å²) in [6.45, 7) is -0.683. The van der Waals surface area contributed by atoms with Crippen LogP contribution in [0.15, 0.2) is 48.5 Å². The summed E-state index contributed by atoms with van der Waals surface area (Å²) >= 11 is 0. The monoisotopic (exact) mass is 420 g/mol. The van der Waals surface area contributed by atoms with E-state index in [0.717, 1.165) is 4.57 Å². The molecule has 3 aromatic rings. The molecule has 0 bridgehead atoms. The Kier molecular flexibility index (Phi) is 5.95. The van der Waals surface area contributed by atoms with E-state index in [-0.39, 0.29) is 23.5 Å². The van der Waals surface area contributed by atoms with Crippen LogP contribution in [0.3, 0.4) is 0 Å². The number of ether oxygens (including phenoxy) is 1. The number of imidazole rings is 1. The summed E-state index contributed by atoms with van der Waals surface area (Å²) in [7, 11) is 3.22. The summed E-state index contributed by atoms with van der Waals surface area (Å²) in [5.41, 5.74) is 0.755. The van der Waals surface area contributed by atoms with Crippen LogP contribution < -0.4 is 10.1 Å². The number of nitrogens with one attached hydrogen (secondary N) is 1. The molecule has 1 aromatic heterocycles. The smallest absolute Gasteiger partial charge is 0.449 e. The van der Waals surface area contributed by atoms with E-state index < -0.39 is 24.5 Å². The molecule has 0 aliphatic heterocycles. The van der Waals surface area contributed by atoms with Crippen LogP contribution in [-0.4, -0.2) is 47.0 Å². The van der Waals surface area contributed by atoms with Gasteiger partial charge in [-0.2, -0.15) is 13.2 Å². The number of hydrogen-bond acceptors (Lipinski definition) is 4. The maximum atomic E-state index is 13.3. The molecule has 7 nitrogen and oxygen atoms in total. The van der Waals surface area contributed by atoms with Gasteiger partial charge in [-0.25, -0.2) is 4.98 Å². The Morgan fingerprint density at radius 3 is 2.40 bits per heavy atom. The van der Waals surface area contributed by atoms with Crippen molar-refractivity contribution in [2.24, 2.45) is 0 Å². The molecule has 0 spiro atoms. The van der Waals surface area contributed by atoms with Crippen molar-refractivity contribution in [1.29, 1.82) is 0 Å². The van der Waals surface area contributed by atoms with E-state index >= 15 is 0 Å². The molecule has 10 heteroatoms. The number of likely N-dealkylation sites (N-methyl/N-ethyl adjacent to an activating group) is 1. The number of aromatic nitrogens is 2. The number of benzene rings is 2. The lowest BCUT2D eigenvalue weighted by Gasteiger charge is -2.13. The van der Waals surface area contributed by atoms with Gasteiger partial charge in [0.1, 0.15) is 12.3 Å². The highest BCUT2D eigenvalue weighted by Crippen LogP contribution is 2.31. The molecule has 1 N–H and O–H groups in total. The molecule has 30 heavy (non-hydrogen) atoms. The van der Waals surface area contributed by atoms with E-state index in [9.17, 15) is 22.8 Å². The number of alkyl halides is 3. The highest BCUT2D eigenvalue weighted by atomic mass is 19.4. The van der Waals surface area contributed by atoms with Crippen molar-refractivity contribution < 1.29 is 27.5 Å². The highest BCUT2D eigenvalue weighted by Gasteiger charge is 2.38. The van der Waals surface area contributed by atoms with E-state index in [1.165, 1.54) is 29.2 Å². The molecule has 158 valence electrons. The van der Waals surface area contributed by atoms with Gasteiger partial charge in [0.15, 0.2) is 6.61 Å². The molecule has 0 saturated heterocycles. The maximum absolute atomic E-state index is 13.3. The van der Waals surface area contributed by atoms with Gasteiger partial charge in [0.05, 0.1) is 11.0 Å². The second-order valence-corrected chi connectivity index (χ2v) is 6.66. The zero-order chi connectivity index (χ0) is 21.9. The first-order valence-corrected chi connectivity index (χ1v) is 8.90. The number of nitrogens with zero attached hydrogens (tertiary/aromatic N) is 3. The number of hydrogen-bond donors (Lipinski definition) is 1. The molecule has 0 unspecified atom stereocenters. The Morgan fingerprint density at radius 2 is 1.77 bits per heavy atom. The van der Waals surface area contributed by atoms with Gasteiger partial charge < -0.3 is 19.5 Å². The molecular formula is C20H19F3N4O3. The van der Waals surface area contributed by atoms with Crippen LogP contribution in [0.1, 0.15) is 5.82 Å². The summed E-state index contributed by atoms with van der Waals surface area (Å²) in [4.78, 5) is 28.9. The number of anilines is 1. The van der Waals surface area contributed by atoms with Gasteiger partial charge in [-0.3, -0.25) is 9.59 Å². The SMILES string of the molecule is CN(C)C(=O)COc1ccc(NC(=O)Cn2c(C(F)(F)F)nc3ccccc32)cc1. The fourth-order valence-electron chi connectivity index (χ4n) is 2.70. The van der Waals surface area contributed by atoms with Gasteiger partial charge in [0.25, 0.3) is 5.91 Å². The number of halogens is 3. The lowest BCUT2D eigenvalue weighted by molar-refractivity contribution is -0.147. The van der Waals surface area contributed by atoms with Crippen LogP contribution >= 0.6 is 0 Å². The van der Waals surface area contributed by atoms with Gasteiger partial charge in [-0.15, -0.1) is 0 Å². The van der Waals surface area contributed by atoms with Crippen LogP contribution in [0.5, 0.6) is 5.75 Å². The first-order valence-electron chi connectivity index (χ1n) is 8.90. The molecule has 3 rings (SSSR count). The molecule has 0 saturated carbocycles. The first kappa shape index (κ1) is 21.2. The van der Waals surface area contributed by atoms with Crippen LogP contribution in [-0.2, 0) is 22.3 Å². The first-order chi connectivity index (χ1) is 14.1. The quantitative estimate of drug-likeness (QED) is 0.665. The van der Waals surface area contributed by atoms with Crippen molar-refractivity contribution in [3.8, 4) is 5.75 Å². The van der Waals surface area contributed by atoms with Crippen molar-refractivity contribution in [2.75, 3.05) is 26.0 Å². The normalized spacial score (nSPS) is 11.4. The number of fused-ring (bicyclic) bond motifs is 1. The Balaban J connectivity index is 1.70. The Hall–Kier alpha value is -3.56. The molecule has 2 amide bonds. The Bertz CT molecular complexity index is 1060. The molecule has 0 fully saturated rings. The molecule has 1 heterocycles. The minimum atomic E-state index is -4.69. The van der Waals surface area contributed by atoms with Crippen LogP contribution in [0.25, 0.3) is 11.0 Å². The van der Waals surface area contributed by atoms with Crippen molar-refractivity contribution >= 4 is 28.5 Å². The van der Waals surface area contributed by atoms with Gasteiger partial charge in [-0.1, -0.05) is 12.1 Å². The summed E-state index contributed by atoms with van der Waals surface area (Å²) in [6.07, 6.45) is -4.69. The standard InChI is InChI=1S/C20H19F3N4O3/c1-26(2)18(29)12-30-14-9-7-13(8-10-14)24-17(28)11-27-16-6-4-3-5-15(16)25-19(27)20(21,22)23/h3-10H,11-12H2,1-2H3,(H,24,28). The fourth-order valence-corrected chi connectivity index (χ4v) is 2.70. The zero-order valence-electron chi connectivity index (χ0n) is 16.2. The van der Waals surface area contributed by atoms with Crippen molar-refractivity contribution in [1.82, 2.24) is 14.5 Å². The number of para-hydroxylation sites is 2. The molecule has 2 aromatic carbocycles. The largest absolute Gasteiger partial charge is 0.484 e. The van der Waals surface area contributed by atoms with E-state index in [4.69, 9.17) is 4.74 Å². The average Bonchev–Trinajstić information content (AvgIpc) is 3.06. The van der Waals surface area contributed by atoms with Crippen molar-refractivity contribution in [3.63, 3.8) is 0 Å². The summed E-state index contributed by atoms with van der Waals surface area (Å²) in [6, 6.07) is 12.3. The van der Waals surface area contributed by atoms with E-state index in [1.54, 1.807) is 38.4 Å². The Labute approximate surface area is 170 Å². The summed E-state index contributed by atoms with van der Waals surface area (Å²) < 4.78 is 46.2. The second-order valence-electron chi connectivity index (χ2n) is 6.66. The van der Waals surface area contributed by atoms with Gasteiger partial charge in [-0.05, 0) is 36.4 Å². The molecule has 0 aliphatic carbocycles. The van der Waals surface area contributed by atoms with Gasteiger partial charge >= 0.3 is 6.18 Å². The number of amides is 2. The Morgan fingerprint density at radius 1 is 1.10 bits per heavy atom. The molecule has 0 aliphatic rings. The third kappa shape index (κ3) is 4.88.